The second-order valence-corrected chi connectivity index (χ2v) is 7.53. The van der Waals surface area contributed by atoms with Crippen molar-refractivity contribution in [2.45, 2.75) is 103 Å². The van der Waals surface area contributed by atoms with E-state index in [1.54, 1.807) is 5.51 Å². The zero-order valence-electron chi connectivity index (χ0n) is 15.5. The Kier molecular flexibility index (Phi) is 14.0. The van der Waals surface area contributed by atoms with Crippen LogP contribution >= 0.6 is 11.3 Å². The van der Waals surface area contributed by atoms with E-state index in [4.69, 9.17) is 0 Å². The Labute approximate surface area is 152 Å². The normalized spacial score (nSPS) is 12.9. The molecule has 1 unspecified atom stereocenters. The van der Waals surface area contributed by atoms with Crippen molar-refractivity contribution in [1.82, 2.24) is 10.2 Å². The first-order valence-corrected chi connectivity index (χ1v) is 10.8. The van der Waals surface area contributed by atoms with Gasteiger partial charge in [-0.25, -0.2) is 0 Å². The highest BCUT2D eigenvalue weighted by molar-refractivity contribution is 7.09. The van der Waals surface area contributed by atoms with Gasteiger partial charge in [0.1, 0.15) is 16.6 Å². The molecule has 0 aromatic carbocycles. The van der Waals surface area contributed by atoms with Crippen molar-refractivity contribution in [3.63, 3.8) is 0 Å². The molecule has 0 aliphatic heterocycles. The zero-order chi connectivity index (χ0) is 17.3. The van der Waals surface area contributed by atoms with Crippen molar-refractivity contribution in [3.8, 4) is 0 Å². The predicted octanol–water partition coefficient (Wildman–Crippen LogP) is 6.61. The number of rotatable bonds is 16. The van der Waals surface area contributed by atoms with Crippen LogP contribution in [-0.4, -0.2) is 15.3 Å². The van der Waals surface area contributed by atoms with E-state index in [1.807, 2.05) is 0 Å². The Morgan fingerprint density at radius 1 is 0.917 bits per heavy atom. The first-order chi connectivity index (χ1) is 11.8. The summed E-state index contributed by atoms with van der Waals surface area (Å²) in [6.07, 6.45) is 22.1. The largest absolute Gasteiger partial charge is 0.386 e. The number of unbranched alkanes of at least 4 members (excludes halogenated alkanes) is 11. The van der Waals surface area contributed by atoms with E-state index in [0.717, 1.165) is 17.8 Å². The van der Waals surface area contributed by atoms with Gasteiger partial charge in [0.15, 0.2) is 0 Å². The number of aliphatic hydroxyl groups excluding tert-OH is 1. The van der Waals surface area contributed by atoms with Gasteiger partial charge in [-0.2, -0.15) is 0 Å². The van der Waals surface area contributed by atoms with Crippen molar-refractivity contribution in [3.05, 3.63) is 22.7 Å². The number of hydrogen-bond acceptors (Lipinski definition) is 4. The van der Waals surface area contributed by atoms with Crippen molar-refractivity contribution in [2.75, 3.05) is 0 Å². The summed E-state index contributed by atoms with van der Waals surface area (Å²) in [4.78, 5) is 0. The molecular formula is C20H36N2OS. The molecule has 0 spiro atoms. The fraction of sp³-hybridized carbons (Fsp3) is 0.800. The van der Waals surface area contributed by atoms with Crippen LogP contribution in [0.15, 0.2) is 17.7 Å². The number of aromatic nitrogens is 2. The van der Waals surface area contributed by atoms with Gasteiger partial charge in [-0.1, -0.05) is 76.9 Å². The predicted molar refractivity (Wildman–Crippen MR) is 104 cm³/mol. The molecule has 0 aliphatic rings. The Bertz CT molecular complexity index is 392. The summed E-state index contributed by atoms with van der Waals surface area (Å²) in [5.74, 6) is 0. The van der Waals surface area contributed by atoms with Gasteiger partial charge in [-0.05, 0) is 32.1 Å². The molecule has 1 rings (SSSR count). The van der Waals surface area contributed by atoms with Gasteiger partial charge in [0.2, 0.25) is 0 Å². The van der Waals surface area contributed by atoms with Crippen LogP contribution in [0.3, 0.4) is 0 Å². The summed E-state index contributed by atoms with van der Waals surface area (Å²) in [7, 11) is 0. The van der Waals surface area contributed by atoms with Crippen molar-refractivity contribution in [2.24, 2.45) is 0 Å². The number of allylic oxidation sites excluding steroid dienone is 2. The summed E-state index contributed by atoms with van der Waals surface area (Å²) in [6.45, 7) is 2.27. The van der Waals surface area contributed by atoms with E-state index in [1.165, 1.54) is 88.4 Å². The third-order valence-corrected chi connectivity index (χ3v) is 5.20. The van der Waals surface area contributed by atoms with Gasteiger partial charge >= 0.3 is 0 Å². The van der Waals surface area contributed by atoms with Crippen LogP contribution in [-0.2, 0) is 0 Å². The quantitative estimate of drug-likeness (QED) is 0.269. The average molecular weight is 353 g/mol. The van der Waals surface area contributed by atoms with Crippen LogP contribution in [0.4, 0.5) is 0 Å². The summed E-state index contributed by atoms with van der Waals surface area (Å²) < 4.78 is 0. The lowest BCUT2D eigenvalue weighted by atomic mass is 10.1. The van der Waals surface area contributed by atoms with Gasteiger partial charge in [-0.3, -0.25) is 0 Å². The minimum atomic E-state index is -0.414. The molecule has 3 nitrogen and oxygen atoms in total. The highest BCUT2D eigenvalue weighted by atomic mass is 32.1. The molecule has 1 N–H and O–H groups in total. The van der Waals surface area contributed by atoms with E-state index in [9.17, 15) is 5.11 Å². The van der Waals surface area contributed by atoms with Crippen LogP contribution in [0.1, 0.15) is 108 Å². The van der Waals surface area contributed by atoms with E-state index < -0.39 is 6.10 Å². The van der Waals surface area contributed by atoms with Gasteiger partial charge in [-0.15, -0.1) is 21.5 Å². The lowest BCUT2D eigenvalue weighted by Gasteiger charge is -2.06. The first-order valence-electron chi connectivity index (χ1n) is 9.93. The van der Waals surface area contributed by atoms with E-state index in [-0.39, 0.29) is 0 Å². The summed E-state index contributed by atoms with van der Waals surface area (Å²) in [5.41, 5.74) is 1.68. The topological polar surface area (TPSA) is 46.0 Å². The molecule has 0 fully saturated rings. The van der Waals surface area contributed by atoms with Crippen molar-refractivity contribution >= 4 is 11.3 Å². The van der Waals surface area contributed by atoms with Crippen molar-refractivity contribution < 1.29 is 5.11 Å². The van der Waals surface area contributed by atoms with Gasteiger partial charge in [0.25, 0.3) is 0 Å². The average Bonchev–Trinajstić information content (AvgIpc) is 3.13. The monoisotopic (exact) mass is 352 g/mol. The number of nitrogens with zero attached hydrogens (tertiary/aromatic N) is 2. The van der Waals surface area contributed by atoms with Crippen LogP contribution in [0.2, 0.25) is 0 Å². The summed E-state index contributed by atoms with van der Waals surface area (Å²) in [5, 5.41) is 18.3. The molecule has 1 aromatic rings. The number of hydrogen-bond donors (Lipinski definition) is 1. The summed E-state index contributed by atoms with van der Waals surface area (Å²) in [6, 6.07) is 0. The second-order valence-electron chi connectivity index (χ2n) is 6.67. The molecule has 0 saturated carbocycles. The fourth-order valence-corrected chi connectivity index (χ4v) is 3.43. The van der Waals surface area contributed by atoms with E-state index in [0.29, 0.717) is 0 Å². The van der Waals surface area contributed by atoms with Crippen LogP contribution in [0.5, 0.6) is 0 Å². The van der Waals surface area contributed by atoms with E-state index in [2.05, 4.69) is 29.3 Å². The molecule has 0 saturated heterocycles. The zero-order valence-corrected chi connectivity index (χ0v) is 16.3. The van der Waals surface area contributed by atoms with Crippen LogP contribution in [0.25, 0.3) is 0 Å². The standard InChI is InChI=1S/C20H36N2OS/c1-2-3-4-5-6-7-8-9-10-11-12-13-14-15-16-17-19(23)20-22-21-18-24-20/h9-10,18-19,23H,2-8,11-17H2,1H3/b10-9+. The molecule has 138 valence electrons. The fourth-order valence-electron chi connectivity index (χ4n) is 2.86. The Morgan fingerprint density at radius 2 is 1.50 bits per heavy atom. The lowest BCUT2D eigenvalue weighted by molar-refractivity contribution is 0.162. The maximum Gasteiger partial charge on any atom is 0.145 e. The van der Waals surface area contributed by atoms with E-state index >= 15 is 0 Å². The molecule has 24 heavy (non-hydrogen) atoms. The van der Waals surface area contributed by atoms with Crippen LogP contribution < -0.4 is 0 Å². The second kappa shape index (κ2) is 15.8. The Balaban J connectivity index is 1.79. The molecule has 0 amide bonds. The highest BCUT2D eigenvalue weighted by Crippen LogP contribution is 2.21. The maximum atomic E-state index is 9.91. The number of aliphatic hydroxyl groups is 1. The minimum Gasteiger partial charge on any atom is -0.386 e. The first kappa shape index (κ1) is 21.3. The third-order valence-electron chi connectivity index (χ3n) is 4.40. The van der Waals surface area contributed by atoms with Crippen molar-refractivity contribution in [1.29, 1.82) is 0 Å². The molecule has 4 heteroatoms. The highest BCUT2D eigenvalue weighted by Gasteiger charge is 2.09. The molecule has 0 aliphatic carbocycles. The molecule has 1 atom stereocenters. The van der Waals surface area contributed by atoms with Crippen LogP contribution in [0, 0.1) is 0 Å². The molecule has 0 radical (unpaired) electrons. The molecule has 0 bridgehead atoms. The Morgan fingerprint density at radius 3 is 2.08 bits per heavy atom. The SMILES string of the molecule is CCCCCCCC/C=C/CCCCCCCC(O)c1nncs1. The molecule has 1 aromatic heterocycles. The summed E-state index contributed by atoms with van der Waals surface area (Å²) >= 11 is 1.44. The minimum absolute atomic E-state index is 0.414. The molecular weight excluding hydrogens is 316 g/mol. The lowest BCUT2D eigenvalue weighted by Crippen LogP contribution is -1.96. The van der Waals surface area contributed by atoms with Gasteiger partial charge < -0.3 is 5.11 Å². The Hall–Kier alpha value is -0.740. The maximum absolute atomic E-state index is 9.91. The third kappa shape index (κ3) is 11.7. The molecule has 1 heterocycles. The van der Waals surface area contributed by atoms with Gasteiger partial charge in [0.05, 0.1) is 0 Å². The van der Waals surface area contributed by atoms with Gasteiger partial charge in [0, 0.05) is 0 Å². The smallest absolute Gasteiger partial charge is 0.145 e.